The molecule has 0 atom stereocenters. The number of carbonyl (C=O) groups excluding carboxylic acids is 1. The van der Waals surface area contributed by atoms with Gasteiger partial charge in [0.25, 0.3) is 0 Å². The summed E-state index contributed by atoms with van der Waals surface area (Å²) < 4.78 is 43.8. The normalized spacial score (nSPS) is 14.6. The molecule has 1 fully saturated rings. The Kier molecular flexibility index (Phi) is 7.16. The van der Waals surface area contributed by atoms with E-state index < -0.39 is 11.7 Å². The van der Waals surface area contributed by atoms with Crippen LogP contribution < -0.4 is 9.64 Å². The zero-order chi connectivity index (χ0) is 24.1. The molecule has 1 aliphatic heterocycles. The molecule has 2 aromatic heterocycles. The number of anilines is 1. The molecule has 0 bridgehead atoms. The largest absolute Gasteiger partial charge is 0.487 e. The summed E-state index contributed by atoms with van der Waals surface area (Å²) in [4.78, 5) is 24.4. The van der Waals surface area contributed by atoms with E-state index in [9.17, 15) is 18.0 Å². The second-order valence-corrected chi connectivity index (χ2v) is 8.83. The molecular formula is C24H23F3N4O2S. The first kappa shape index (κ1) is 23.7. The lowest BCUT2D eigenvalue weighted by atomic mass is 10.2. The maximum atomic E-state index is 12.7. The molecule has 1 amide bonds. The summed E-state index contributed by atoms with van der Waals surface area (Å²) in [5, 5.41) is 2.97. The highest BCUT2D eigenvalue weighted by Crippen LogP contribution is 2.29. The number of ether oxygens (including phenoxy) is 1. The average molecular weight is 489 g/mol. The van der Waals surface area contributed by atoms with Crippen LogP contribution in [0, 0.1) is 6.92 Å². The van der Waals surface area contributed by atoms with Crippen molar-refractivity contribution in [3.63, 3.8) is 0 Å². The number of carbonyl (C=O) groups is 1. The number of nitrogens with zero attached hydrogens (tertiary/aromatic N) is 4. The van der Waals surface area contributed by atoms with Gasteiger partial charge in [-0.2, -0.15) is 13.2 Å². The van der Waals surface area contributed by atoms with Crippen molar-refractivity contribution in [2.24, 2.45) is 0 Å². The number of aryl methyl sites for hydroxylation is 1. The predicted octanol–water partition coefficient (Wildman–Crippen LogP) is 4.81. The van der Waals surface area contributed by atoms with Crippen molar-refractivity contribution in [2.75, 3.05) is 31.1 Å². The predicted molar refractivity (Wildman–Crippen MR) is 125 cm³/mol. The van der Waals surface area contributed by atoms with Crippen LogP contribution in [0.25, 0.3) is 6.08 Å². The van der Waals surface area contributed by atoms with Crippen LogP contribution in [-0.4, -0.2) is 47.0 Å². The Hall–Kier alpha value is -3.40. The third-order valence-electron chi connectivity index (χ3n) is 5.34. The Labute approximate surface area is 199 Å². The summed E-state index contributed by atoms with van der Waals surface area (Å²) in [5.41, 5.74) is 0.994. The maximum absolute atomic E-state index is 12.7. The lowest BCUT2D eigenvalue weighted by Crippen LogP contribution is -2.48. The van der Waals surface area contributed by atoms with Crippen molar-refractivity contribution >= 4 is 29.1 Å². The monoisotopic (exact) mass is 488 g/mol. The van der Waals surface area contributed by atoms with Gasteiger partial charge in [0, 0.05) is 43.8 Å². The van der Waals surface area contributed by atoms with E-state index >= 15 is 0 Å². The molecule has 34 heavy (non-hydrogen) atoms. The van der Waals surface area contributed by atoms with Gasteiger partial charge in [-0.25, -0.2) is 9.97 Å². The number of rotatable bonds is 6. The maximum Gasteiger partial charge on any atom is 0.417 e. The summed E-state index contributed by atoms with van der Waals surface area (Å²) in [5.74, 6) is 1.09. The standard InChI is InChI=1S/C24H23F3N4O2S/c1-17-29-20(16-34-17)15-33-21-6-2-18(3-7-21)4-9-23(32)31-12-10-30(11-13-31)22-8-5-19(14-28-22)24(25,26)27/h2-9,14,16H,10-13,15H2,1H3/b9-4+. The van der Waals surface area contributed by atoms with Gasteiger partial charge in [-0.05, 0) is 42.8 Å². The minimum absolute atomic E-state index is 0.112. The lowest BCUT2D eigenvalue weighted by molar-refractivity contribution is -0.137. The molecule has 0 aliphatic carbocycles. The van der Waals surface area contributed by atoms with Crippen molar-refractivity contribution in [3.05, 3.63) is 75.9 Å². The van der Waals surface area contributed by atoms with Gasteiger partial charge in [0.2, 0.25) is 5.91 Å². The van der Waals surface area contributed by atoms with Gasteiger partial charge >= 0.3 is 6.18 Å². The number of amides is 1. The zero-order valence-corrected chi connectivity index (χ0v) is 19.3. The first-order chi connectivity index (χ1) is 16.3. The molecule has 0 unspecified atom stereocenters. The summed E-state index contributed by atoms with van der Waals surface area (Å²) in [6.45, 7) is 4.30. The lowest BCUT2D eigenvalue weighted by Gasteiger charge is -2.35. The minimum Gasteiger partial charge on any atom is -0.487 e. The molecule has 1 aliphatic rings. The van der Waals surface area contributed by atoms with Gasteiger partial charge in [-0.1, -0.05) is 12.1 Å². The number of alkyl halides is 3. The Morgan fingerprint density at radius 1 is 1.12 bits per heavy atom. The molecule has 6 nitrogen and oxygen atoms in total. The number of piperazine rings is 1. The van der Waals surface area contributed by atoms with Crippen LogP contribution in [0.2, 0.25) is 0 Å². The number of aromatic nitrogens is 2. The number of benzene rings is 1. The molecule has 3 aromatic rings. The number of thiazole rings is 1. The second kappa shape index (κ2) is 10.3. The molecule has 0 N–H and O–H groups in total. The van der Waals surface area contributed by atoms with Crippen molar-refractivity contribution in [2.45, 2.75) is 19.7 Å². The van der Waals surface area contributed by atoms with E-state index in [0.717, 1.165) is 34.3 Å². The molecule has 178 valence electrons. The fourth-order valence-corrected chi connectivity index (χ4v) is 4.07. The minimum atomic E-state index is -4.41. The highest BCUT2D eigenvalue weighted by molar-refractivity contribution is 7.09. The number of hydrogen-bond acceptors (Lipinski definition) is 6. The topological polar surface area (TPSA) is 58.6 Å². The van der Waals surface area contributed by atoms with E-state index in [4.69, 9.17) is 4.74 Å². The Balaban J connectivity index is 1.25. The van der Waals surface area contributed by atoms with Crippen LogP contribution in [0.5, 0.6) is 5.75 Å². The molecule has 0 spiro atoms. The SMILES string of the molecule is Cc1nc(COc2ccc(/C=C/C(=O)N3CCN(c4ccc(C(F)(F)F)cn4)CC3)cc2)cs1. The van der Waals surface area contributed by atoms with Crippen LogP contribution in [-0.2, 0) is 17.6 Å². The smallest absolute Gasteiger partial charge is 0.417 e. The van der Waals surface area contributed by atoms with E-state index in [2.05, 4.69) is 9.97 Å². The molecule has 10 heteroatoms. The van der Waals surface area contributed by atoms with Crippen molar-refractivity contribution in [1.82, 2.24) is 14.9 Å². The van der Waals surface area contributed by atoms with Gasteiger partial charge in [-0.15, -0.1) is 11.3 Å². The summed E-state index contributed by atoms with van der Waals surface area (Å²) >= 11 is 1.58. The summed E-state index contributed by atoms with van der Waals surface area (Å²) in [6.07, 6.45) is -0.289. The van der Waals surface area contributed by atoms with Gasteiger partial charge in [-0.3, -0.25) is 4.79 Å². The third-order valence-corrected chi connectivity index (χ3v) is 6.16. The van der Waals surface area contributed by atoms with Crippen LogP contribution in [0.15, 0.2) is 54.1 Å². The Morgan fingerprint density at radius 3 is 2.44 bits per heavy atom. The quantitative estimate of drug-likeness (QED) is 0.467. The molecule has 4 rings (SSSR count). The molecule has 3 heterocycles. The third kappa shape index (κ3) is 6.13. The fourth-order valence-electron chi connectivity index (χ4n) is 3.48. The van der Waals surface area contributed by atoms with E-state index in [1.807, 2.05) is 41.5 Å². The van der Waals surface area contributed by atoms with Crippen LogP contribution >= 0.6 is 11.3 Å². The fraction of sp³-hybridized carbons (Fsp3) is 0.292. The van der Waals surface area contributed by atoms with E-state index in [0.29, 0.717) is 38.6 Å². The van der Waals surface area contributed by atoms with Gasteiger partial charge < -0.3 is 14.5 Å². The van der Waals surface area contributed by atoms with E-state index in [-0.39, 0.29) is 5.91 Å². The van der Waals surface area contributed by atoms with Gasteiger partial charge in [0.1, 0.15) is 18.2 Å². The van der Waals surface area contributed by atoms with Gasteiger partial charge in [0.15, 0.2) is 0 Å². The van der Waals surface area contributed by atoms with E-state index in [1.54, 1.807) is 22.3 Å². The Bertz CT molecular complexity index is 1140. The van der Waals surface area contributed by atoms with Crippen LogP contribution in [0.1, 0.15) is 21.8 Å². The number of hydrogen-bond donors (Lipinski definition) is 0. The number of pyridine rings is 1. The molecule has 1 saturated heterocycles. The highest BCUT2D eigenvalue weighted by atomic mass is 32.1. The number of halogens is 3. The summed E-state index contributed by atoms with van der Waals surface area (Å²) in [7, 11) is 0. The van der Waals surface area contributed by atoms with Crippen molar-refractivity contribution in [3.8, 4) is 5.75 Å². The van der Waals surface area contributed by atoms with Crippen molar-refractivity contribution < 1.29 is 22.7 Å². The van der Waals surface area contributed by atoms with Gasteiger partial charge in [0.05, 0.1) is 16.3 Å². The second-order valence-electron chi connectivity index (χ2n) is 7.76. The average Bonchev–Trinajstić information content (AvgIpc) is 3.26. The van der Waals surface area contributed by atoms with Crippen molar-refractivity contribution in [1.29, 1.82) is 0 Å². The molecule has 0 radical (unpaired) electrons. The molecular weight excluding hydrogens is 465 g/mol. The Morgan fingerprint density at radius 2 is 1.85 bits per heavy atom. The zero-order valence-electron chi connectivity index (χ0n) is 18.5. The van der Waals surface area contributed by atoms with Crippen LogP contribution in [0.3, 0.4) is 0 Å². The first-order valence-corrected chi connectivity index (χ1v) is 11.5. The van der Waals surface area contributed by atoms with Crippen LogP contribution in [0.4, 0.5) is 19.0 Å². The highest BCUT2D eigenvalue weighted by Gasteiger charge is 2.31. The molecule has 0 saturated carbocycles. The summed E-state index contributed by atoms with van der Waals surface area (Å²) in [6, 6.07) is 9.84. The molecule has 1 aromatic carbocycles. The van der Waals surface area contributed by atoms with E-state index in [1.165, 1.54) is 12.1 Å². The first-order valence-electron chi connectivity index (χ1n) is 10.7.